The topological polar surface area (TPSA) is 61.3 Å². The van der Waals surface area contributed by atoms with Gasteiger partial charge in [0.25, 0.3) is 0 Å². The van der Waals surface area contributed by atoms with Gasteiger partial charge < -0.3 is 9.47 Å². The average molecular weight is 273 g/mol. The van der Waals surface area contributed by atoms with Gasteiger partial charge in [0.15, 0.2) is 12.4 Å². The molecule has 0 aliphatic rings. The van der Waals surface area contributed by atoms with Gasteiger partial charge in [-0.05, 0) is 38.8 Å². The molecule has 0 aliphatic carbocycles. The molecule has 1 aromatic rings. The maximum Gasteiger partial charge on any atom is 0.344 e. The molecule has 100 valence electrons. The summed E-state index contributed by atoms with van der Waals surface area (Å²) in [6.07, 6.45) is 2.10. The Morgan fingerprint density at radius 2 is 2.11 bits per heavy atom. The van der Waals surface area contributed by atoms with E-state index in [2.05, 4.69) is 9.97 Å². The van der Waals surface area contributed by atoms with Crippen LogP contribution in [-0.4, -0.2) is 28.1 Å². The third-order valence-electron chi connectivity index (χ3n) is 1.90. The molecular weight excluding hydrogens is 256 g/mol. The zero-order valence-electron chi connectivity index (χ0n) is 11.0. The standard InChI is InChI=1S/C12H17ClN2O3/c1-5-8-9(6-14-11(13)15-8)17-7-10(16)18-12(2,3)4/h6H,5,7H2,1-4H3. The highest BCUT2D eigenvalue weighted by Gasteiger charge is 2.17. The van der Waals surface area contributed by atoms with Gasteiger partial charge in [-0.2, -0.15) is 0 Å². The summed E-state index contributed by atoms with van der Waals surface area (Å²) < 4.78 is 10.5. The fraction of sp³-hybridized carbons (Fsp3) is 0.583. The summed E-state index contributed by atoms with van der Waals surface area (Å²) in [6, 6.07) is 0. The van der Waals surface area contributed by atoms with Gasteiger partial charge in [0, 0.05) is 0 Å². The van der Waals surface area contributed by atoms with Crippen LogP contribution in [0.5, 0.6) is 5.75 Å². The summed E-state index contributed by atoms with van der Waals surface area (Å²) in [5.41, 5.74) is 0.142. The molecule has 0 atom stereocenters. The predicted octanol–water partition coefficient (Wildman–Crippen LogP) is 2.41. The number of nitrogens with zero attached hydrogens (tertiary/aromatic N) is 2. The van der Waals surface area contributed by atoms with Gasteiger partial charge >= 0.3 is 5.97 Å². The molecule has 5 nitrogen and oxygen atoms in total. The van der Waals surface area contributed by atoms with E-state index in [-0.39, 0.29) is 11.9 Å². The van der Waals surface area contributed by atoms with E-state index >= 15 is 0 Å². The second kappa shape index (κ2) is 6.00. The molecule has 0 fully saturated rings. The van der Waals surface area contributed by atoms with Crippen molar-refractivity contribution in [1.82, 2.24) is 9.97 Å². The van der Waals surface area contributed by atoms with Crippen LogP contribution in [0.15, 0.2) is 6.20 Å². The van der Waals surface area contributed by atoms with Crippen molar-refractivity contribution in [3.63, 3.8) is 0 Å². The monoisotopic (exact) mass is 272 g/mol. The second-order valence-corrected chi connectivity index (χ2v) is 5.02. The minimum Gasteiger partial charge on any atom is -0.478 e. The van der Waals surface area contributed by atoms with Crippen LogP contribution in [0.4, 0.5) is 0 Å². The van der Waals surface area contributed by atoms with Crippen LogP contribution < -0.4 is 4.74 Å². The second-order valence-electron chi connectivity index (χ2n) is 4.68. The van der Waals surface area contributed by atoms with Crippen LogP contribution in [0.1, 0.15) is 33.4 Å². The smallest absolute Gasteiger partial charge is 0.344 e. The van der Waals surface area contributed by atoms with Crippen LogP contribution in [-0.2, 0) is 16.0 Å². The fourth-order valence-corrected chi connectivity index (χ4v) is 1.41. The lowest BCUT2D eigenvalue weighted by Crippen LogP contribution is -2.27. The Hall–Kier alpha value is -1.36. The van der Waals surface area contributed by atoms with Crippen LogP contribution in [0.3, 0.4) is 0 Å². The van der Waals surface area contributed by atoms with Crippen molar-refractivity contribution in [3.05, 3.63) is 17.2 Å². The lowest BCUT2D eigenvalue weighted by molar-refractivity contribution is -0.157. The first kappa shape index (κ1) is 14.7. The SMILES string of the molecule is CCc1nc(Cl)ncc1OCC(=O)OC(C)(C)C. The molecule has 0 N–H and O–H groups in total. The van der Waals surface area contributed by atoms with Crippen molar-refractivity contribution >= 4 is 17.6 Å². The Kier molecular flexibility index (Phi) is 4.90. The molecular formula is C12H17ClN2O3. The quantitative estimate of drug-likeness (QED) is 0.622. The molecule has 0 saturated carbocycles. The molecule has 0 aliphatic heterocycles. The third kappa shape index (κ3) is 4.87. The highest BCUT2D eigenvalue weighted by molar-refractivity contribution is 6.28. The van der Waals surface area contributed by atoms with Gasteiger partial charge in [0.05, 0.1) is 11.9 Å². The molecule has 1 rings (SSSR count). The first-order valence-electron chi connectivity index (χ1n) is 5.68. The summed E-state index contributed by atoms with van der Waals surface area (Å²) in [6.45, 7) is 7.14. The van der Waals surface area contributed by atoms with E-state index in [1.807, 2.05) is 6.92 Å². The van der Waals surface area contributed by atoms with E-state index in [1.165, 1.54) is 6.20 Å². The van der Waals surface area contributed by atoms with Gasteiger partial charge in [-0.3, -0.25) is 0 Å². The van der Waals surface area contributed by atoms with Gasteiger partial charge in [-0.25, -0.2) is 14.8 Å². The van der Waals surface area contributed by atoms with E-state index in [9.17, 15) is 4.79 Å². The number of carbonyl (C=O) groups is 1. The van der Waals surface area contributed by atoms with Crippen LogP contribution in [0.2, 0.25) is 5.28 Å². The maximum absolute atomic E-state index is 11.5. The highest BCUT2D eigenvalue weighted by Crippen LogP contribution is 2.17. The van der Waals surface area contributed by atoms with Crippen LogP contribution in [0.25, 0.3) is 0 Å². The predicted molar refractivity (Wildman–Crippen MR) is 67.8 cm³/mol. The Labute approximate surface area is 111 Å². The fourth-order valence-electron chi connectivity index (χ4n) is 1.26. The lowest BCUT2D eigenvalue weighted by Gasteiger charge is -2.19. The Morgan fingerprint density at radius 1 is 1.44 bits per heavy atom. The molecule has 0 aromatic carbocycles. The number of aromatic nitrogens is 2. The van der Waals surface area contributed by atoms with Gasteiger partial charge in [0.2, 0.25) is 5.28 Å². The number of ether oxygens (including phenoxy) is 2. The van der Waals surface area contributed by atoms with Crippen molar-refractivity contribution in [3.8, 4) is 5.75 Å². The summed E-state index contributed by atoms with van der Waals surface area (Å²) in [5.74, 6) is 0.0206. The largest absolute Gasteiger partial charge is 0.478 e. The average Bonchev–Trinajstić information content (AvgIpc) is 2.24. The zero-order valence-corrected chi connectivity index (χ0v) is 11.7. The molecule has 1 aromatic heterocycles. The number of hydrogen-bond acceptors (Lipinski definition) is 5. The zero-order chi connectivity index (χ0) is 13.8. The Balaban J connectivity index is 2.61. The summed E-state index contributed by atoms with van der Waals surface area (Å²) in [7, 11) is 0. The normalized spacial score (nSPS) is 11.2. The molecule has 0 radical (unpaired) electrons. The van der Waals surface area contributed by atoms with E-state index < -0.39 is 11.6 Å². The Bertz CT molecular complexity index is 430. The van der Waals surface area contributed by atoms with Gasteiger partial charge in [-0.15, -0.1) is 0 Å². The van der Waals surface area contributed by atoms with E-state index in [0.29, 0.717) is 17.9 Å². The number of halogens is 1. The molecule has 0 spiro atoms. The Morgan fingerprint density at radius 3 is 2.67 bits per heavy atom. The number of aryl methyl sites for hydroxylation is 1. The molecule has 0 unspecified atom stereocenters. The number of carbonyl (C=O) groups excluding carboxylic acids is 1. The minimum atomic E-state index is -0.523. The van der Waals surface area contributed by atoms with Crippen molar-refractivity contribution in [2.24, 2.45) is 0 Å². The van der Waals surface area contributed by atoms with Crippen LogP contribution >= 0.6 is 11.6 Å². The third-order valence-corrected chi connectivity index (χ3v) is 2.08. The molecule has 0 bridgehead atoms. The molecule has 0 amide bonds. The van der Waals surface area contributed by atoms with Crippen molar-refractivity contribution in [2.45, 2.75) is 39.7 Å². The van der Waals surface area contributed by atoms with Gasteiger partial charge in [-0.1, -0.05) is 6.92 Å². The van der Waals surface area contributed by atoms with E-state index in [0.717, 1.165) is 0 Å². The maximum atomic E-state index is 11.5. The first-order valence-corrected chi connectivity index (χ1v) is 6.05. The number of esters is 1. The van der Waals surface area contributed by atoms with Crippen molar-refractivity contribution in [1.29, 1.82) is 0 Å². The van der Waals surface area contributed by atoms with Crippen molar-refractivity contribution in [2.75, 3.05) is 6.61 Å². The summed E-state index contributed by atoms with van der Waals surface area (Å²) in [5, 5.41) is 0.163. The number of hydrogen-bond donors (Lipinski definition) is 0. The molecule has 6 heteroatoms. The van der Waals surface area contributed by atoms with Crippen molar-refractivity contribution < 1.29 is 14.3 Å². The first-order chi connectivity index (χ1) is 8.31. The minimum absolute atomic E-state index is 0.163. The van der Waals surface area contributed by atoms with E-state index in [1.54, 1.807) is 20.8 Å². The molecule has 1 heterocycles. The summed E-state index contributed by atoms with van der Waals surface area (Å²) >= 11 is 5.68. The highest BCUT2D eigenvalue weighted by atomic mass is 35.5. The molecule has 18 heavy (non-hydrogen) atoms. The van der Waals surface area contributed by atoms with E-state index in [4.69, 9.17) is 21.1 Å². The molecule has 0 saturated heterocycles. The van der Waals surface area contributed by atoms with Gasteiger partial charge in [0.1, 0.15) is 5.60 Å². The number of rotatable bonds is 4. The van der Waals surface area contributed by atoms with Crippen LogP contribution in [0, 0.1) is 0 Å². The summed E-state index contributed by atoms with van der Waals surface area (Å²) in [4.78, 5) is 19.3. The lowest BCUT2D eigenvalue weighted by atomic mass is 10.2.